The summed E-state index contributed by atoms with van der Waals surface area (Å²) in [5.41, 5.74) is -2.92. The van der Waals surface area contributed by atoms with E-state index in [0.717, 1.165) is 17.0 Å². The first-order valence-corrected chi connectivity index (χ1v) is 21.5. The molecule has 7 rings (SSSR count). The maximum Gasteiger partial charge on any atom is 0.416 e. The van der Waals surface area contributed by atoms with Gasteiger partial charge in [-0.25, -0.2) is 18.2 Å². The summed E-state index contributed by atoms with van der Waals surface area (Å²) in [4.78, 5) is 63.6. The van der Waals surface area contributed by atoms with Crippen LogP contribution >= 0.6 is 0 Å². The number of amides is 4. The van der Waals surface area contributed by atoms with E-state index in [9.17, 15) is 45.9 Å². The molecule has 1 aromatic carbocycles. The average molecular weight is 832 g/mol. The van der Waals surface area contributed by atoms with Gasteiger partial charge in [0, 0.05) is 29.8 Å². The van der Waals surface area contributed by atoms with Crippen LogP contribution in [0.15, 0.2) is 30.4 Å². The lowest BCUT2D eigenvalue weighted by Gasteiger charge is -2.38. The fourth-order valence-electron chi connectivity index (χ4n) is 8.83. The number of alkyl halides is 3. The molecule has 58 heavy (non-hydrogen) atoms. The number of allylic oxidation sites excluding steroid dienone is 1. The molecule has 3 aliphatic heterocycles. The van der Waals surface area contributed by atoms with Crippen LogP contribution in [0.2, 0.25) is 0 Å². The molecule has 5 atom stereocenters. The van der Waals surface area contributed by atoms with Crippen molar-refractivity contribution in [3.63, 3.8) is 0 Å². The summed E-state index contributed by atoms with van der Waals surface area (Å²) in [5, 5.41) is 13.6. The van der Waals surface area contributed by atoms with Crippen molar-refractivity contribution < 1.29 is 50.6 Å². The molecule has 17 heteroatoms. The third kappa shape index (κ3) is 7.86. The molecule has 4 amide bonds. The predicted octanol–water partition coefficient (Wildman–Crippen LogP) is 6.02. The van der Waals surface area contributed by atoms with Crippen LogP contribution in [-0.2, 0) is 37.0 Å². The summed E-state index contributed by atoms with van der Waals surface area (Å²) in [5.74, 6) is -2.47. The Morgan fingerprint density at radius 1 is 1.10 bits per heavy atom. The highest BCUT2D eigenvalue weighted by atomic mass is 32.2. The Morgan fingerprint density at radius 2 is 1.83 bits per heavy atom. The third-order valence-electron chi connectivity index (χ3n) is 12.5. The number of aromatic nitrogens is 1. The van der Waals surface area contributed by atoms with Crippen LogP contribution in [0.25, 0.3) is 10.9 Å². The van der Waals surface area contributed by atoms with E-state index in [1.165, 1.54) is 11.0 Å². The van der Waals surface area contributed by atoms with Gasteiger partial charge in [0.05, 0.1) is 28.1 Å². The van der Waals surface area contributed by atoms with Gasteiger partial charge in [-0.3, -0.25) is 24.0 Å². The molecule has 5 aliphatic rings. The van der Waals surface area contributed by atoms with Crippen LogP contribution in [0.4, 0.5) is 18.0 Å². The number of aryl methyl sites for hydroxylation is 2. The summed E-state index contributed by atoms with van der Waals surface area (Å²) in [7, 11) is -4.07. The molecule has 2 aromatic rings. The van der Waals surface area contributed by atoms with Crippen molar-refractivity contribution in [1.82, 2.24) is 24.8 Å². The molecular formula is C41H52F3N5O8S. The number of nitrogens with zero attached hydrogens (tertiary/aromatic N) is 3. The van der Waals surface area contributed by atoms with Gasteiger partial charge >= 0.3 is 12.3 Å². The van der Waals surface area contributed by atoms with Crippen LogP contribution in [0.3, 0.4) is 0 Å². The lowest BCUT2D eigenvalue weighted by Crippen LogP contribution is -2.59. The van der Waals surface area contributed by atoms with Crippen molar-refractivity contribution in [2.24, 2.45) is 11.3 Å². The molecule has 1 saturated heterocycles. The molecule has 0 radical (unpaired) electrons. The minimum absolute atomic E-state index is 0.0252. The van der Waals surface area contributed by atoms with Crippen molar-refractivity contribution in [3.8, 4) is 5.75 Å². The zero-order valence-electron chi connectivity index (χ0n) is 33.5. The highest BCUT2D eigenvalue weighted by Crippen LogP contribution is 2.49. The van der Waals surface area contributed by atoms with Gasteiger partial charge < -0.3 is 20.1 Å². The Hall–Kier alpha value is -4.41. The molecular weight excluding hydrogens is 780 g/mol. The third-order valence-corrected chi connectivity index (χ3v) is 14.7. The van der Waals surface area contributed by atoms with Gasteiger partial charge in [-0.15, -0.1) is 0 Å². The number of ether oxygens (including phenoxy) is 1. The second-order valence-electron chi connectivity index (χ2n) is 18.4. The number of rotatable bonds is 5. The van der Waals surface area contributed by atoms with Gasteiger partial charge in [-0.2, -0.15) is 13.2 Å². The minimum Gasteiger partial charge on any atom is -0.483 e. The SMILES string of the molecule is Cc1nc2ccc(C(F)(F)F)cc2c2c1O[C@]1(CC2)C[C@H]2C(=O)N[C@]3(C(=O)NS(=O)(=O)C4(C)CC4)C[C@H]3/C=C\CCCCC[C@H](N(CC(C)(C)C)C(=O)O)C(=O)N2C1. The van der Waals surface area contributed by atoms with Gasteiger partial charge in [-0.1, -0.05) is 45.8 Å². The highest BCUT2D eigenvalue weighted by molar-refractivity contribution is 7.91. The topological polar surface area (TPSA) is 175 Å². The molecule has 316 valence electrons. The Morgan fingerprint density at radius 3 is 2.48 bits per heavy atom. The van der Waals surface area contributed by atoms with E-state index in [2.05, 4.69) is 15.0 Å². The van der Waals surface area contributed by atoms with E-state index in [-0.39, 0.29) is 56.3 Å². The van der Waals surface area contributed by atoms with E-state index in [1.54, 1.807) is 13.8 Å². The molecule has 3 fully saturated rings. The summed E-state index contributed by atoms with van der Waals surface area (Å²) in [6, 6.07) is 0.906. The first-order valence-electron chi connectivity index (χ1n) is 20.0. The number of halogens is 3. The van der Waals surface area contributed by atoms with E-state index in [4.69, 9.17) is 4.74 Å². The van der Waals surface area contributed by atoms with Crippen molar-refractivity contribution in [1.29, 1.82) is 0 Å². The van der Waals surface area contributed by atoms with Crippen molar-refractivity contribution in [3.05, 3.63) is 47.2 Å². The zero-order valence-corrected chi connectivity index (χ0v) is 34.3. The number of pyridine rings is 1. The van der Waals surface area contributed by atoms with Gasteiger partial charge in [0.15, 0.2) is 0 Å². The fourth-order valence-corrected chi connectivity index (χ4v) is 10.1. The average Bonchev–Trinajstić information content (AvgIpc) is 4.02. The van der Waals surface area contributed by atoms with Crippen molar-refractivity contribution in [2.45, 2.75) is 139 Å². The number of carbonyl (C=O) groups excluding carboxylic acids is 3. The first kappa shape index (κ1) is 41.7. The van der Waals surface area contributed by atoms with Gasteiger partial charge in [0.1, 0.15) is 29.0 Å². The summed E-state index contributed by atoms with van der Waals surface area (Å²) >= 11 is 0. The van der Waals surface area contributed by atoms with Crippen LogP contribution < -0.4 is 14.8 Å². The maximum absolute atomic E-state index is 15.0. The molecule has 2 aliphatic carbocycles. The summed E-state index contributed by atoms with van der Waals surface area (Å²) < 4.78 is 75.7. The second kappa shape index (κ2) is 14.4. The van der Waals surface area contributed by atoms with Gasteiger partial charge in [0.25, 0.3) is 5.91 Å². The maximum atomic E-state index is 15.0. The quantitative estimate of drug-likeness (QED) is 0.305. The minimum atomic E-state index is -4.59. The number of hydrogen-bond donors (Lipinski definition) is 3. The van der Waals surface area contributed by atoms with E-state index in [0.29, 0.717) is 55.3 Å². The largest absolute Gasteiger partial charge is 0.483 e. The van der Waals surface area contributed by atoms with Crippen LogP contribution in [0, 0.1) is 18.3 Å². The number of nitrogens with one attached hydrogen (secondary N) is 2. The summed E-state index contributed by atoms with van der Waals surface area (Å²) in [6.45, 7) is 8.68. The van der Waals surface area contributed by atoms with Crippen molar-refractivity contribution >= 4 is 44.7 Å². The Balaban J connectivity index is 1.28. The molecule has 0 bridgehead atoms. The smallest absolute Gasteiger partial charge is 0.416 e. The molecule has 3 N–H and O–H groups in total. The van der Waals surface area contributed by atoms with E-state index >= 15 is 0 Å². The monoisotopic (exact) mass is 831 g/mol. The zero-order chi connectivity index (χ0) is 42.2. The van der Waals surface area contributed by atoms with Crippen LogP contribution in [0.5, 0.6) is 5.75 Å². The molecule has 4 heterocycles. The number of carboxylic acid groups (broad SMARTS) is 1. The molecule has 2 saturated carbocycles. The predicted molar refractivity (Wildman–Crippen MR) is 207 cm³/mol. The molecule has 1 spiro atoms. The molecule has 13 nitrogen and oxygen atoms in total. The normalized spacial score (nSPS) is 29.2. The molecule has 0 unspecified atom stereocenters. The van der Waals surface area contributed by atoms with Crippen molar-refractivity contribution in [2.75, 3.05) is 13.1 Å². The highest BCUT2D eigenvalue weighted by Gasteiger charge is 2.64. The Kier molecular flexibility index (Phi) is 10.4. The lowest BCUT2D eigenvalue weighted by molar-refractivity contribution is -0.143. The Labute approximate surface area is 336 Å². The van der Waals surface area contributed by atoms with Gasteiger partial charge in [0.2, 0.25) is 21.8 Å². The standard InChI is InChI=1S/C41H52F3N5O8S/c1-24-32-27(28-19-25(41(42,43)44)13-14-29(28)45-24)15-16-39(57-32)21-31-33(50)46-40(35(52)47-58(55,56)38(5)17-18-38)20-26(40)11-9-7-6-8-10-12-30(34(51)48(31)23-39)49(36(53)54)22-37(2,3)4/h9,11,13-14,19,26,30-31H,6-8,10,12,15-18,20-23H2,1-5H3,(H,46,50)(H,47,52)(H,53,54)/b11-9-/t26-,30+,31+,39-,40-/m1/s1. The molecule has 1 aromatic heterocycles. The number of benzene rings is 1. The number of fused-ring (bicyclic) bond motifs is 5. The number of carbonyl (C=O) groups is 4. The summed E-state index contributed by atoms with van der Waals surface area (Å²) in [6.07, 6.45) is 1.80. The first-order chi connectivity index (χ1) is 27.0. The van der Waals surface area contributed by atoms with E-state index in [1.807, 2.05) is 32.9 Å². The fraction of sp³-hybridized carbons (Fsp3) is 0.634. The van der Waals surface area contributed by atoms with Crippen LogP contribution in [-0.4, -0.2) is 93.2 Å². The lowest BCUT2D eigenvalue weighted by atomic mass is 9.87. The van der Waals surface area contributed by atoms with Crippen LogP contribution in [0.1, 0.15) is 109 Å². The second-order valence-corrected chi connectivity index (χ2v) is 20.6. The number of sulfonamides is 1. The number of hydrogen-bond acceptors (Lipinski definition) is 8. The Bertz CT molecular complexity index is 2180. The van der Waals surface area contributed by atoms with E-state index < -0.39 is 84.9 Å². The van der Waals surface area contributed by atoms with Gasteiger partial charge in [-0.05, 0) is 88.8 Å².